The first-order chi connectivity index (χ1) is 11.9. The van der Waals surface area contributed by atoms with E-state index in [9.17, 15) is 9.59 Å². The fourth-order valence-electron chi connectivity index (χ4n) is 2.35. The third-order valence-electron chi connectivity index (χ3n) is 3.75. The van der Waals surface area contributed by atoms with Crippen LogP contribution in [0.15, 0.2) is 26.9 Å². The molecule has 0 unspecified atom stereocenters. The molecule has 132 valence electrons. The third kappa shape index (κ3) is 4.43. The molecular weight excluding hydrogens is 374 g/mol. The number of rotatable bonds is 7. The van der Waals surface area contributed by atoms with E-state index in [-0.39, 0.29) is 17.6 Å². The van der Waals surface area contributed by atoms with Crippen LogP contribution in [0.25, 0.3) is 0 Å². The van der Waals surface area contributed by atoms with Crippen LogP contribution in [0.2, 0.25) is 0 Å². The first kappa shape index (κ1) is 18.4. The van der Waals surface area contributed by atoms with Crippen molar-refractivity contribution in [3.63, 3.8) is 0 Å². The topological polar surface area (TPSA) is 72.0 Å². The smallest absolute Gasteiger partial charge is 0.231 e. The first-order valence-electron chi connectivity index (χ1n) is 8.01. The lowest BCUT2D eigenvalue weighted by atomic mass is 9.99. The number of hydrogen-bond donors (Lipinski definition) is 1. The predicted molar refractivity (Wildman–Crippen MR) is 104 cm³/mol. The minimum Gasteiger partial charge on any atom is -0.325 e. The standard InChI is InChI=1S/C17H19N3O2S3/c1-9(2)7-23-16-19-20-17(25-16)24-8-14(21)11-4-5-13-12(6-11)10(3)15(22)18-13/h4-6,9-10H,7-8H2,1-3H3,(H,18,22)/t10-/m0/s1. The minimum atomic E-state index is -0.209. The van der Waals surface area contributed by atoms with Crippen molar-refractivity contribution in [2.24, 2.45) is 5.92 Å². The average molecular weight is 394 g/mol. The Kier molecular flexibility index (Phi) is 5.81. The van der Waals surface area contributed by atoms with Crippen molar-refractivity contribution in [1.29, 1.82) is 0 Å². The number of aromatic nitrogens is 2. The number of nitrogens with zero attached hydrogens (tertiary/aromatic N) is 2. The highest BCUT2D eigenvalue weighted by atomic mass is 32.2. The lowest BCUT2D eigenvalue weighted by Gasteiger charge is -2.04. The lowest BCUT2D eigenvalue weighted by Crippen LogP contribution is -2.08. The maximum atomic E-state index is 12.5. The van der Waals surface area contributed by atoms with Crippen molar-refractivity contribution in [3.05, 3.63) is 29.3 Å². The number of fused-ring (bicyclic) bond motifs is 1. The van der Waals surface area contributed by atoms with Crippen LogP contribution in [0.5, 0.6) is 0 Å². The van der Waals surface area contributed by atoms with Gasteiger partial charge in [-0.3, -0.25) is 9.59 Å². The first-order valence-corrected chi connectivity index (χ1v) is 10.8. The van der Waals surface area contributed by atoms with Crippen molar-refractivity contribution in [2.75, 3.05) is 16.8 Å². The molecule has 2 aromatic rings. The summed E-state index contributed by atoms with van der Waals surface area (Å²) in [4.78, 5) is 24.2. The van der Waals surface area contributed by atoms with E-state index in [0.29, 0.717) is 17.2 Å². The van der Waals surface area contributed by atoms with Gasteiger partial charge in [0.05, 0.1) is 11.7 Å². The van der Waals surface area contributed by atoms with Crippen LogP contribution in [-0.2, 0) is 4.79 Å². The van der Waals surface area contributed by atoms with E-state index in [1.807, 2.05) is 13.0 Å². The molecule has 1 amide bonds. The summed E-state index contributed by atoms with van der Waals surface area (Å²) in [6.45, 7) is 6.19. The summed E-state index contributed by atoms with van der Waals surface area (Å²) in [6, 6.07) is 5.40. The highest BCUT2D eigenvalue weighted by molar-refractivity contribution is 8.03. The molecule has 2 heterocycles. The van der Waals surface area contributed by atoms with E-state index in [2.05, 4.69) is 29.4 Å². The molecule has 1 aromatic carbocycles. The van der Waals surface area contributed by atoms with Crippen molar-refractivity contribution in [2.45, 2.75) is 35.4 Å². The monoisotopic (exact) mass is 393 g/mol. The summed E-state index contributed by atoms with van der Waals surface area (Å²) < 4.78 is 1.76. The molecule has 8 heteroatoms. The molecule has 0 bridgehead atoms. The third-order valence-corrected chi connectivity index (χ3v) is 7.36. The van der Waals surface area contributed by atoms with Crippen LogP contribution in [-0.4, -0.2) is 33.4 Å². The number of ketones is 1. The van der Waals surface area contributed by atoms with E-state index in [1.165, 1.54) is 23.1 Å². The largest absolute Gasteiger partial charge is 0.325 e. The Bertz CT molecular complexity index is 804. The zero-order chi connectivity index (χ0) is 18.0. The van der Waals surface area contributed by atoms with Gasteiger partial charge < -0.3 is 5.32 Å². The normalized spacial score (nSPS) is 16.2. The highest BCUT2D eigenvalue weighted by Gasteiger charge is 2.27. The van der Waals surface area contributed by atoms with E-state index < -0.39 is 0 Å². The second-order valence-corrected chi connectivity index (χ2v) is 9.73. The van der Waals surface area contributed by atoms with Crippen LogP contribution < -0.4 is 5.32 Å². The van der Waals surface area contributed by atoms with Gasteiger partial charge in [0.25, 0.3) is 0 Å². The van der Waals surface area contributed by atoms with Crippen LogP contribution in [0.1, 0.15) is 42.6 Å². The quantitative estimate of drug-likeness (QED) is 0.558. The summed E-state index contributed by atoms with van der Waals surface area (Å²) in [5.74, 6) is 1.74. The number of anilines is 1. The number of nitrogens with one attached hydrogen (secondary N) is 1. The molecule has 0 radical (unpaired) electrons. The molecule has 1 atom stereocenters. The molecule has 0 spiro atoms. The van der Waals surface area contributed by atoms with Crippen LogP contribution in [0.4, 0.5) is 5.69 Å². The summed E-state index contributed by atoms with van der Waals surface area (Å²) in [6.07, 6.45) is 0. The van der Waals surface area contributed by atoms with Gasteiger partial charge in [-0.25, -0.2) is 0 Å². The van der Waals surface area contributed by atoms with Gasteiger partial charge in [0.1, 0.15) is 0 Å². The molecule has 5 nitrogen and oxygen atoms in total. The molecule has 0 saturated carbocycles. The van der Waals surface area contributed by atoms with Crippen LogP contribution >= 0.6 is 34.9 Å². The van der Waals surface area contributed by atoms with Crippen molar-refractivity contribution >= 4 is 52.2 Å². The number of carbonyl (C=O) groups excluding carboxylic acids is 2. The maximum absolute atomic E-state index is 12.5. The van der Waals surface area contributed by atoms with Gasteiger partial charge in [-0.2, -0.15) is 0 Å². The van der Waals surface area contributed by atoms with Gasteiger partial charge >= 0.3 is 0 Å². The van der Waals surface area contributed by atoms with Crippen LogP contribution in [0.3, 0.4) is 0 Å². The number of thioether (sulfide) groups is 2. The van der Waals surface area contributed by atoms with Crippen molar-refractivity contribution < 1.29 is 9.59 Å². The summed E-state index contributed by atoms with van der Waals surface area (Å²) in [5.41, 5.74) is 2.33. The molecule has 1 aliphatic rings. The van der Waals surface area contributed by atoms with E-state index >= 15 is 0 Å². The fraction of sp³-hybridized carbons (Fsp3) is 0.412. The molecule has 0 saturated heterocycles. The molecule has 25 heavy (non-hydrogen) atoms. The Morgan fingerprint density at radius 3 is 2.72 bits per heavy atom. The maximum Gasteiger partial charge on any atom is 0.231 e. The van der Waals surface area contributed by atoms with Gasteiger partial charge in [-0.15, -0.1) is 10.2 Å². The fourth-order valence-corrected chi connectivity index (χ4v) is 5.24. The number of carbonyl (C=O) groups is 2. The molecule has 3 rings (SSSR count). The van der Waals surface area contributed by atoms with Gasteiger partial charge in [-0.05, 0) is 36.6 Å². The van der Waals surface area contributed by atoms with Gasteiger partial charge in [0.2, 0.25) is 5.91 Å². The highest BCUT2D eigenvalue weighted by Crippen LogP contribution is 2.34. The SMILES string of the molecule is CC(C)CSc1nnc(SCC(=O)c2ccc3c(c2)[C@H](C)C(=O)N3)s1. The Morgan fingerprint density at radius 2 is 2.00 bits per heavy atom. The molecule has 0 aliphatic carbocycles. The Hall–Kier alpha value is -1.38. The Labute approximate surface area is 159 Å². The summed E-state index contributed by atoms with van der Waals surface area (Å²) in [7, 11) is 0. The summed E-state index contributed by atoms with van der Waals surface area (Å²) in [5, 5.41) is 11.1. The molecular formula is C17H19N3O2S3. The number of benzene rings is 1. The zero-order valence-electron chi connectivity index (χ0n) is 14.2. The minimum absolute atomic E-state index is 0.0192. The summed E-state index contributed by atoms with van der Waals surface area (Å²) >= 11 is 4.64. The Balaban J connectivity index is 1.59. The molecule has 1 N–H and O–H groups in total. The zero-order valence-corrected chi connectivity index (χ0v) is 16.7. The van der Waals surface area contributed by atoms with Gasteiger partial charge in [0, 0.05) is 17.0 Å². The average Bonchev–Trinajstić information content (AvgIpc) is 3.15. The molecule has 1 aliphatic heterocycles. The van der Waals surface area contributed by atoms with Gasteiger partial charge in [0.15, 0.2) is 14.5 Å². The second kappa shape index (κ2) is 7.88. The Morgan fingerprint density at radius 1 is 1.28 bits per heavy atom. The van der Waals surface area contributed by atoms with Gasteiger partial charge in [-0.1, -0.05) is 48.7 Å². The van der Waals surface area contributed by atoms with E-state index in [1.54, 1.807) is 23.9 Å². The van der Waals surface area contributed by atoms with Crippen molar-refractivity contribution in [3.8, 4) is 0 Å². The number of amides is 1. The number of hydrogen-bond acceptors (Lipinski definition) is 7. The molecule has 1 aromatic heterocycles. The van der Waals surface area contributed by atoms with Crippen LogP contribution in [0, 0.1) is 5.92 Å². The second-order valence-electron chi connectivity index (χ2n) is 6.26. The van der Waals surface area contributed by atoms with Crippen molar-refractivity contribution in [1.82, 2.24) is 10.2 Å². The van der Waals surface area contributed by atoms with E-state index in [0.717, 1.165) is 25.7 Å². The van der Waals surface area contributed by atoms with E-state index in [4.69, 9.17) is 0 Å². The number of Topliss-reactive ketones (excluding diaryl/α,β-unsaturated/α-hetero) is 1. The predicted octanol–water partition coefficient (Wildman–Crippen LogP) is 4.32. The lowest BCUT2D eigenvalue weighted by molar-refractivity contribution is -0.116. The molecule has 0 fully saturated rings.